The van der Waals surface area contributed by atoms with Gasteiger partial charge in [-0.05, 0) is 64.2 Å². The van der Waals surface area contributed by atoms with Gasteiger partial charge in [0, 0.05) is 23.3 Å². The summed E-state index contributed by atoms with van der Waals surface area (Å²) in [7, 11) is 0. The van der Waals surface area contributed by atoms with Crippen molar-refractivity contribution in [2.45, 2.75) is 52.9 Å². The van der Waals surface area contributed by atoms with E-state index in [4.69, 9.17) is 14.2 Å². The van der Waals surface area contributed by atoms with E-state index in [0.717, 1.165) is 37.0 Å². The number of hydrogen-bond donors (Lipinski definition) is 2. The fraction of sp³-hybridized carbons (Fsp3) is 0.586. The Kier molecular flexibility index (Phi) is 12.8. The zero-order valence-corrected chi connectivity index (χ0v) is 24.8. The molecular formula is C29H42N4O9. The van der Waals surface area contributed by atoms with Crippen molar-refractivity contribution in [1.29, 1.82) is 0 Å². The van der Waals surface area contributed by atoms with Gasteiger partial charge in [0.2, 0.25) is 0 Å². The third-order valence-corrected chi connectivity index (χ3v) is 7.21. The lowest BCUT2D eigenvalue weighted by molar-refractivity contribution is -0.139. The smallest absolute Gasteiger partial charge is 0.336 e. The second-order valence-electron chi connectivity index (χ2n) is 10.9. The highest BCUT2D eigenvalue weighted by atomic mass is 16.5. The first-order valence-electron chi connectivity index (χ1n) is 13.9. The Labute approximate surface area is 246 Å². The van der Waals surface area contributed by atoms with Gasteiger partial charge in [0.1, 0.15) is 19.8 Å². The molecule has 2 saturated carbocycles. The summed E-state index contributed by atoms with van der Waals surface area (Å²) >= 11 is 0. The van der Waals surface area contributed by atoms with Gasteiger partial charge in [0.25, 0.3) is 0 Å². The maximum Gasteiger partial charge on any atom is 0.336 e. The lowest BCUT2D eigenvalue weighted by atomic mass is 9.84. The van der Waals surface area contributed by atoms with Crippen LogP contribution in [0.1, 0.15) is 52.9 Å². The number of carbonyl (C=O) groups is 6. The van der Waals surface area contributed by atoms with Crippen LogP contribution in [0.15, 0.2) is 36.5 Å². The molecule has 0 saturated heterocycles. The van der Waals surface area contributed by atoms with Crippen LogP contribution in [0.3, 0.4) is 0 Å². The maximum atomic E-state index is 13.6. The van der Waals surface area contributed by atoms with E-state index >= 15 is 0 Å². The molecule has 0 spiro atoms. The predicted molar refractivity (Wildman–Crippen MR) is 152 cm³/mol. The number of fused-ring (bicyclic) bond motifs is 2. The molecule has 0 aliphatic heterocycles. The second kappa shape index (κ2) is 15.7. The number of imide groups is 2. The second-order valence-corrected chi connectivity index (χ2v) is 10.9. The molecule has 42 heavy (non-hydrogen) atoms. The van der Waals surface area contributed by atoms with Crippen LogP contribution in [0.25, 0.3) is 0 Å². The summed E-state index contributed by atoms with van der Waals surface area (Å²) in [5.41, 5.74) is 0.423. The molecule has 2 aliphatic carbocycles. The van der Waals surface area contributed by atoms with Crippen molar-refractivity contribution < 1.29 is 43.0 Å². The van der Waals surface area contributed by atoms with Crippen molar-refractivity contribution in [3.05, 3.63) is 36.5 Å². The van der Waals surface area contributed by atoms with Gasteiger partial charge in [-0.2, -0.15) is 0 Å². The molecule has 6 amide bonds. The fourth-order valence-corrected chi connectivity index (χ4v) is 4.86. The number of rotatable bonds is 14. The van der Waals surface area contributed by atoms with Crippen molar-refractivity contribution in [1.82, 2.24) is 20.4 Å². The van der Waals surface area contributed by atoms with Crippen LogP contribution in [0.5, 0.6) is 0 Å². The minimum absolute atomic E-state index is 0.0174. The Morgan fingerprint density at radius 3 is 1.55 bits per heavy atom. The number of urea groups is 3. The van der Waals surface area contributed by atoms with Crippen molar-refractivity contribution in [3.8, 4) is 0 Å². The van der Waals surface area contributed by atoms with Crippen LogP contribution in [0.4, 0.5) is 14.4 Å². The number of nitrogens with zero attached hydrogens (tertiary/aromatic N) is 2. The quantitative estimate of drug-likeness (QED) is 0.134. The van der Waals surface area contributed by atoms with Crippen LogP contribution in [0, 0.1) is 11.3 Å². The summed E-state index contributed by atoms with van der Waals surface area (Å²) in [4.78, 5) is 76.9. The topological polar surface area (TPSA) is 161 Å². The molecule has 0 heterocycles. The summed E-state index contributed by atoms with van der Waals surface area (Å²) in [6.45, 7) is 13.4. The van der Waals surface area contributed by atoms with Gasteiger partial charge in [-0.15, -0.1) is 0 Å². The van der Waals surface area contributed by atoms with Crippen LogP contribution < -0.4 is 10.6 Å². The van der Waals surface area contributed by atoms with Crippen molar-refractivity contribution in [2.75, 3.05) is 46.0 Å². The molecule has 0 aromatic carbocycles. The highest BCUT2D eigenvalue weighted by molar-refractivity contribution is 6.01. The first-order valence-corrected chi connectivity index (χ1v) is 13.9. The minimum atomic E-state index is -1.03. The van der Waals surface area contributed by atoms with E-state index in [9.17, 15) is 28.8 Å². The van der Waals surface area contributed by atoms with Gasteiger partial charge >= 0.3 is 36.0 Å². The van der Waals surface area contributed by atoms with Gasteiger partial charge in [-0.3, -0.25) is 0 Å². The van der Waals surface area contributed by atoms with Crippen molar-refractivity contribution >= 4 is 36.0 Å². The number of carbonyl (C=O) groups excluding carboxylic acids is 6. The molecular weight excluding hydrogens is 548 g/mol. The molecule has 13 nitrogen and oxygen atoms in total. The molecule has 0 aromatic heterocycles. The molecule has 13 heteroatoms. The van der Waals surface area contributed by atoms with Gasteiger partial charge in [0.15, 0.2) is 0 Å². The molecule has 0 unspecified atom stereocenters. The summed E-state index contributed by atoms with van der Waals surface area (Å²) < 4.78 is 15.1. The molecule has 2 N–H and O–H groups in total. The lowest BCUT2D eigenvalue weighted by Crippen LogP contribution is -2.56. The third-order valence-electron chi connectivity index (χ3n) is 7.21. The van der Waals surface area contributed by atoms with E-state index in [0.29, 0.717) is 17.4 Å². The first-order chi connectivity index (χ1) is 19.8. The summed E-state index contributed by atoms with van der Waals surface area (Å²) in [5.74, 6) is -1.42. The van der Waals surface area contributed by atoms with Crippen molar-refractivity contribution in [3.63, 3.8) is 0 Å². The van der Waals surface area contributed by atoms with Crippen LogP contribution >= 0.6 is 0 Å². The van der Waals surface area contributed by atoms with Gasteiger partial charge in [-0.1, -0.05) is 19.7 Å². The molecule has 0 aromatic rings. The SMILES string of the molecule is C=C(C)C(=O)OCCNC(=O)N(CCOC(=O)C(=C)C)C(=O)N(CCOC(=O)C(=C)C)C(=O)NCC12CCC(CC1)C2. The van der Waals surface area contributed by atoms with Crippen LogP contribution in [0.2, 0.25) is 0 Å². The monoisotopic (exact) mass is 590 g/mol. The van der Waals surface area contributed by atoms with E-state index in [-0.39, 0.29) is 55.0 Å². The number of hydrogen-bond acceptors (Lipinski definition) is 9. The molecule has 0 radical (unpaired) electrons. The predicted octanol–water partition coefficient (Wildman–Crippen LogP) is 3.07. The highest BCUT2D eigenvalue weighted by Crippen LogP contribution is 2.53. The van der Waals surface area contributed by atoms with E-state index < -0.39 is 42.5 Å². The molecule has 2 rings (SSSR count). The summed E-state index contributed by atoms with van der Waals surface area (Å²) in [6.07, 6.45) is 5.19. The minimum Gasteiger partial charge on any atom is -0.460 e. The van der Waals surface area contributed by atoms with E-state index in [1.807, 2.05) is 0 Å². The Balaban J connectivity index is 2.16. The average Bonchev–Trinajstić information content (AvgIpc) is 3.55. The first kappa shape index (κ1) is 34.0. The highest BCUT2D eigenvalue weighted by Gasteiger charge is 2.45. The van der Waals surface area contributed by atoms with Gasteiger partial charge in [0.05, 0.1) is 19.6 Å². The van der Waals surface area contributed by atoms with Gasteiger partial charge < -0.3 is 24.8 Å². The van der Waals surface area contributed by atoms with E-state index in [1.54, 1.807) is 0 Å². The third kappa shape index (κ3) is 10.0. The molecule has 2 aliphatic rings. The van der Waals surface area contributed by atoms with Crippen LogP contribution in [-0.2, 0) is 28.6 Å². The van der Waals surface area contributed by atoms with E-state index in [1.165, 1.54) is 20.8 Å². The van der Waals surface area contributed by atoms with Crippen LogP contribution in [-0.4, -0.2) is 91.8 Å². The fourth-order valence-electron chi connectivity index (χ4n) is 4.86. The number of nitrogens with one attached hydrogen (secondary N) is 2. The summed E-state index contributed by atoms with van der Waals surface area (Å²) in [5, 5.41) is 5.28. The largest absolute Gasteiger partial charge is 0.460 e. The zero-order chi connectivity index (χ0) is 31.4. The molecule has 2 bridgehead atoms. The van der Waals surface area contributed by atoms with E-state index in [2.05, 4.69) is 30.4 Å². The molecule has 2 fully saturated rings. The Morgan fingerprint density at radius 2 is 1.14 bits per heavy atom. The Morgan fingerprint density at radius 1 is 0.714 bits per heavy atom. The zero-order valence-electron chi connectivity index (χ0n) is 24.8. The Bertz CT molecular complexity index is 1110. The number of ether oxygens (including phenoxy) is 3. The summed E-state index contributed by atoms with van der Waals surface area (Å²) in [6, 6.07) is -2.72. The number of amides is 6. The number of esters is 3. The maximum absolute atomic E-state index is 13.6. The standard InChI is InChI=1S/C29H42N4O9/c1-19(2)23(34)40-14-11-30-26(37)32(12-15-41-24(35)20(3)4)28(39)33(13-16-42-25(36)21(5)6)27(38)31-18-29-9-7-22(17-29)8-10-29/h22H,1,3,5,7-18H2,2,4,6H3,(H,30,37)(H,31,38). The lowest BCUT2D eigenvalue weighted by Gasteiger charge is -2.31. The van der Waals surface area contributed by atoms with Gasteiger partial charge in [-0.25, -0.2) is 38.6 Å². The Hall–Kier alpha value is -4.16. The average molecular weight is 591 g/mol. The molecule has 0 atom stereocenters. The van der Waals surface area contributed by atoms with Crippen molar-refractivity contribution in [2.24, 2.45) is 11.3 Å². The molecule has 232 valence electrons. The normalized spacial score (nSPS) is 18.3.